The zero-order valence-electron chi connectivity index (χ0n) is 13.4. The molecule has 0 fully saturated rings. The van der Waals surface area contributed by atoms with Crippen molar-refractivity contribution in [3.8, 4) is 0 Å². The molecule has 1 amide bonds. The minimum atomic E-state index is -0.433. The van der Waals surface area contributed by atoms with Crippen LogP contribution in [0.5, 0.6) is 0 Å². The lowest BCUT2D eigenvalue weighted by Crippen LogP contribution is -2.19. The van der Waals surface area contributed by atoms with E-state index in [1.165, 1.54) is 34.8 Å². The van der Waals surface area contributed by atoms with Gasteiger partial charge < -0.3 is 9.30 Å². The second-order valence-electron chi connectivity index (χ2n) is 5.04. The predicted octanol–water partition coefficient (Wildman–Crippen LogP) is 3.45. The summed E-state index contributed by atoms with van der Waals surface area (Å²) in [5.74, 6) is -0.318. The summed E-state index contributed by atoms with van der Waals surface area (Å²) in [7, 11) is 0. The summed E-state index contributed by atoms with van der Waals surface area (Å²) in [6, 6.07) is 8.16. The molecule has 0 aliphatic rings. The number of ether oxygens (including phenoxy) is 1. The van der Waals surface area contributed by atoms with Crippen LogP contribution in [0.4, 0.5) is 5.69 Å². The molecule has 9 heteroatoms. The van der Waals surface area contributed by atoms with E-state index in [9.17, 15) is 14.9 Å². The molecule has 2 aromatic heterocycles. The molecule has 3 rings (SSSR count). The van der Waals surface area contributed by atoms with Gasteiger partial charge in [0.15, 0.2) is 4.80 Å². The number of nitrogens with zero attached hydrogens (tertiary/aromatic N) is 3. The number of benzene rings is 1. The number of hydrogen-bond donors (Lipinski definition) is 0. The Hall–Kier alpha value is -2.36. The van der Waals surface area contributed by atoms with E-state index in [2.05, 4.69) is 4.99 Å². The van der Waals surface area contributed by atoms with Gasteiger partial charge in [0.25, 0.3) is 11.6 Å². The van der Waals surface area contributed by atoms with Crippen molar-refractivity contribution >= 4 is 44.5 Å². The second kappa shape index (κ2) is 7.68. The van der Waals surface area contributed by atoms with E-state index < -0.39 is 4.92 Å². The molecule has 3 aromatic rings. The summed E-state index contributed by atoms with van der Waals surface area (Å²) >= 11 is 2.66. The van der Waals surface area contributed by atoms with Gasteiger partial charge in [-0.25, -0.2) is 0 Å². The quantitative estimate of drug-likeness (QED) is 0.374. The van der Waals surface area contributed by atoms with Gasteiger partial charge in [-0.05, 0) is 24.4 Å². The Morgan fingerprint density at radius 2 is 2.24 bits per heavy atom. The fourth-order valence-corrected chi connectivity index (χ4v) is 3.96. The number of amides is 1. The molecule has 0 aliphatic carbocycles. The van der Waals surface area contributed by atoms with Gasteiger partial charge >= 0.3 is 0 Å². The van der Waals surface area contributed by atoms with E-state index in [1.54, 1.807) is 22.8 Å². The maximum Gasteiger partial charge on any atom is 0.289 e. The van der Waals surface area contributed by atoms with Crippen LogP contribution in [0, 0.1) is 10.1 Å². The van der Waals surface area contributed by atoms with E-state index in [1.807, 2.05) is 12.3 Å². The second-order valence-corrected chi connectivity index (χ2v) is 6.99. The van der Waals surface area contributed by atoms with E-state index >= 15 is 0 Å². The van der Waals surface area contributed by atoms with Crippen molar-refractivity contribution in [2.75, 3.05) is 13.2 Å². The lowest BCUT2D eigenvalue weighted by atomic mass is 10.3. The average molecular weight is 377 g/mol. The minimum Gasteiger partial charge on any atom is -0.380 e. The van der Waals surface area contributed by atoms with Gasteiger partial charge in [-0.1, -0.05) is 17.4 Å². The summed E-state index contributed by atoms with van der Waals surface area (Å²) in [5.41, 5.74) is 0.684. The smallest absolute Gasteiger partial charge is 0.289 e. The number of aromatic nitrogens is 1. The number of nitro groups is 1. The standard InChI is InChI=1S/C16H15N3O4S2/c1-2-23-8-7-18-12-10-11(19(21)22)5-6-13(12)25-16(18)17-15(20)14-4-3-9-24-14/h3-6,9-10H,2,7-8H2,1H3. The van der Waals surface area contributed by atoms with Crippen LogP contribution in [0.25, 0.3) is 10.2 Å². The highest BCUT2D eigenvalue weighted by molar-refractivity contribution is 7.16. The SMILES string of the molecule is CCOCCn1c(=NC(=O)c2cccs2)sc2ccc([N+](=O)[O-])cc21. The molecule has 2 heterocycles. The van der Waals surface area contributed by atoms with Crippen LogP contribution in [0.3, 0.4) is 0 Å². The highest BCUT2D eigenvalue weighted by Gasteiger charge is 2.13. The lowest BCUT2D eigenvalue weighted by Gasteiger charge is -2.05. The monoisotopic (exact) mass is 377 g/mol. The topological polar surface area (TPSA) is 86.7 Å². The molecule has 0 atom stereocenters. The van der Waals surface area contributed by atoms with Crippen molar-refractivity contribution in [2.45, 2.75) is 13.5 Å². The zero-order chi connectivity index (χ0) is 17.8. The molecule has 130 valence electrons. The number of non-ortho nitro benzene ring substituents is 1. The van der Waals surface area contributed by atoms with Crippen LogP contribution in [0.1, 0.15) is 16.6 Å². The Morgan fingerprint density at radius 1 is 1.40 bits per heavy atom. The van der Waals surface area contributed by atoms with Gasteiger partial charge in [-0.3, -0.25) is 14.9 Å². The molecule has 0 aliphatic heterocycles. The normalized spacial score (nSPS) is 12.0. The molecular formula is C16H15N3O4S2. The van der Waals surface area contributed by atoms with Crippen molar-refractivity contribution in [3.05, 3.63) is 55.5 Å². The number of fused-ring (bicyclic) bond motifs is 1. The first-order valence-corrected chi connectivity index (χ1v) is 9.28. The van der Waals surface area contributed by atoms with Gasteiger partial charge in [-0.15, -0.1) is 11.3 Å². The van der Waals surface area contributed by atoms with Gasteiger partial charge in [0, 0.05) is 25.3 Å². The Labute approximate surface area is 151 Å². The number of thiazole rings is 1. The molecule has 0 N–H and O–H groups in total. The number of nitro benzene ring substituents is 1. The Kier molecular flexibility index (Phi) is 5.37. The summed E-state index contributed by atoms with van der Waals surface area (Å²) in [5, 5.41) is 12.9. The number of carbonyl (C=O) groups excluding carboxylic acids is 1. The third kappa shape index (κ3) is 3.84. The Balaban J connectivity index is 2.11. The third-order valence-electron chi connectivity index (χ3n) is 3.47. The fourth-order valence-electron chi connectivity index (χ4n) is 2.31. The van der Waals surface area contributed by atoms with Crippen molar-refractivity contribution in [1.29, 1.82) is 0 Å². The Bertz CT molecular complexity index is 973. The largest absolute Gasteiger partial charge is 0.380 e. The van der Waals surface area contributed by atoms with Crippen molar-refractivity contribution in [2.24, 2.45) is 4.99 Å². The van der Waals surface area contributed by atoms with Gasteiger partial charge in [-0.2, -0.15) is 4.99 Å². The molecular weight excluding hydrogens is 362 g/mol. The number of carbonyl (C=O) groups is 1. The summed E-state index contributed by atoms with van der Waals surface area (Å²) in [4.78, 5) is 28.2. The van der Waals surface area contributed by atoms with Crippen LogP contribution in [0.2, 0.25) is 0 Å². The van der Waals surface area contributed by atoms with Crippen molar-refractivity contribution in [3.63, 3.8) is 0 Å². The minimum absolute atomic E-state index is 0.00610. The van der Waals surface area contributed by atoms with Gasteiger partial charge in [0.05, 0.1) is 26.6 Å². The molecule has 0 unspecified atom stereocenters. The molecule has 0 radical (unpaired) electrons. The lowest BCUT2D eigenvalue weighted by molar-refractivity contribution is -0.384. The highest BCUT2D eigenvalue weighted by atomic mass is 32.1. The van der Waals surface area contributed by atoms with Crippen LogP contribution >= 0.6 is 22.7 Å². The van der Waals surface area contributed by atoms with Crippen LogP contribution in [0.15, 0.2) is 40.7 Å². The van der Waals surface area contributed by atoms with Gasteiger partial charge in [0.1, 0.15) is 0 Å². The predicted molar refractivity (Wildman–Crippen MR) is 97.2 cm³/mol. The van der Waals surface area contributed by atoms with Crippen LogP contribution in [-0.4, -0.2) is 28.6 Å². The molecule has 7 nitrogen and oxygen atoms in total. The van der Waals surface area contributed by atoms with E-state index in [4.69, 9.17) is 4.74 Å². The molecule has 0 bridgehead atoms. The molecule has 0 saturated heterocycles. The number of rotatable bonds is 6. The maximum atomic E-state index is 12.3. The molecule has 25 heavy (non-hydrogen) atoms. The van der Waals surface area contributed by atoms with Crippen LogP contribution in [-0.2, 0) is 11.3 Å². The van der Waals surface area contributed by atoms with Gasteiger partial charge in [0.2, 0.25) is 0 Å². The molecule has 0 saturated carbocycles. The summed E-state index contributed by atoms with van der Waals surface area (Å²) in [6.07, 6.45) is 0. The van der Waals surface area contributed by atoms with E-state index in [-0.39, 0.29) is 11.6 Å². The first-order valence-electron chi connectivity index (χ1n) is 7.58. The zero-order valence-corrected chi connectivity index (χ0v) is 15.0. The number of thiophene rings is 1. The Morgan fingerprint density at radius 3 is 2.92 bits per heavy atom. The van der Waals surface area contributed by atoms with E-state index in [0.717, 1.165) is 4.70 Å². The third-order valence-corrected chi connectivity index (χ3v) is 5.39. The first kappa shape index (κ1) is 17.5. The van der Waals surface area contributed by atoms with Crippen LogP contribution < -0.4 is 4.80 Å². The fraction of sp³-hybridized carbons (Fsp3) is 0.250. The summed E-state index contributed by atoms with van der Waals surface area (Å²) in [6.45, 7) is 3.37. The van der Waals surface area contributed by atoms with E-state index in [0.29, 0.717) is 35.0 Å². The summed E-state index contributed by atoms with van der Waals surface area (Å²) < 4.78 is 8.02. The van der Waals surface area contributed by atoms with Crippen molar-refractivity contribution in [1.82, 2.24) is 4.57 Å². The number of hydrogen-bond acceptors (Lipinski definition) is 6. The molecule has 0 spiro atoms. The first-order chi connectivity index (χ1) is 12.1. The van der Waals surface area contributed by atoms with Crippen molar-refractivity contribution < 1.29 is 14.5 Å². The average Bonchev–Trinajstić information content (AvgIpc) is 3.23. The molecule has 1 aromatic carbocycles. The maximum absolute atomic E-state index is 12.3. The highest BCUT2D eigenvalue weighted by Crippen LogP contribution is 2.23.